The molecule has 0 bridgehead atoms. The van der Waals surface area contributed by atoms with Crippen LogP contribution in [0.4, 0.5) is 10.7 Å². The van der Waals surface area contributed by atoms with Crippen molar-refractivity contribution >= 4 is 39.6 Å². The van der Waals surface area contributed by atoms with Gasteiger partial charge in [-0.05, 0) is 19.1 Å². The molecular weight excluding hydrogens is 288 g/mol. The van der Waals surface area contributed by atoms with Crippen LogP contribution in [0.15, 0.2) is 4.90 Å². The molecule has 2 N–H and O–H groups in total. The van der Waals surface area contributed by atoms with Crippen molar-refractivity contribution < 1.29 is 4.79 Å². The molecule has 0 atom stereocenters. The summed E-state index contributed by atoms with van der Waals surface area (Å²) in [6, 6.07) is 0. The predicted octanol–water partition coefficient (Wildman–Crippen LogP) is 4.37. The molecule has 0 aliphatic heterocycles. The normalized spacial score (nSPS) is 11.4. The molecule has 0 spiro atoms. The van der Waals surface area contributed by atoms with Crippen LogP contribution in [0, 0.1) is 11.8 Å². The van der Waals surface area contributed by atoms with E-state index in [4.69, 9.17) is 5.73 Å². The maximum atomic E-state index is 12.3. The summed E-state index contributed by atoms with van der Waals surface area (Å²) in [6.07, 6.45) is 2.02. The Bertz CT molecular complexity index is 467. The molecule has 1 rings (SSSR count). The van der Waals surface area contributed by atoms with Crippen molar-refractivity contribution in [3.63, 3.8) is 0 Å². The Labute approximate surface area is 130 Å². The summed E-state index contributed by atoms with van der Waals surface area (Å²) in [4.78, 5) is 16.4. The Morgan fingerprint density at radius 3 is 2.35 bits per heavy atom. The number of thiophene rings is 1. The number of anilines is 2. The monoisotopic (exact) mass is 314 g/mol. The second-order valence-corrected chi connectivity index (χ2v) is 7.45. The Hall–Kier alpha value is -0.680. The lowest BCUT2D eigenvalue weighted by atomic mass is 10.1. The van der Waals surface area contributed by atoms with Gasteiger partial charge in [0.05, 0.1) is 15.5 Å². The highest BCUT2D eigenvalue weighted by Crippen LogP contribution is 2.44. The molecule has 5 heteroatoms. The van der Waals surface area contributed by atoms with E-state index in [9.17, 15) is 4.79 Å². The van der Waals surface area contributed by atoms with E-state index < -0.39 is 0 Å². The van der Waals surface area contributed by atoms with Crippen molar-refractivity contribution in [2.45, 2.75) is 39.5 Å². The van der Waals surface area contributed by atoms with E-state index in [0.717, 1.165) is 27.9 Å². The summed E-state index contributed by atoms with van der Waals surface area (Å²) >= 11 is 3.19. The number of carbonyl (C=O) groups excluding carboxylic acids is 1. The van der Waals surface area contributed by atoms with E-state index in [-0.39, 0.29) is 11.7 Å². The van der Waals surface area contributed by atoms with E-state index in [1.807, 2.05) is 20.1 Å². The highest BCUT2D eigenvalue weighted by molar-refractivity contribution is 7.99. The van der Waals surface area contributed by atoms with Gasteiger partial charge in [-0.25, -0.2) is 0 Å². The van der Waals surface area contributed by atoms with Gasteiger partial charge in [-0.1, -0.05) is 27.7 Å². The van der Waals surface area contributed by atoms with Gasteiger partial charge in [0.1, 0.15) is 5.00 Å². The van der Waals surface area contributed by atoms with Gasteiger partial charge in [0.2, 0.25) is 0 Å². The zero-order valence-electron chi connectivity index (χ0n) is 13.3. The Kier molecular flexibility index (Phi) is 6.40. The molecule has 0 fully saturated rings. The first-order valence-electron chi connectivity index (χ1n) is 7.08. The zero-order valence-corrected chi connectivity index (χ0v) is 15.0. The molecule has 1 aromatic heterocycles. The number of carbonyl (C=O) groups is 1. The lowest BCUT2D eigenvalue weighted by Gasteiger charge is -2.24. The molecule has 0 aliphatic rings. The molecule has 1 heterocycles. The smallest absolute Gasteiger partial charge is 0.177 e. The quantitative estimate of drug-likeness (QED) is 0.599. The van der Waals surface area contributed by atoms with E-state index >= 15 is 0 Å². The van der Waals surface area contributed by atoms with Gasteiger partial charge in [0.15, 0.2) is 5.78 Å². The molecule has 0 radical (unpaired) electrons. The second-order valence-electron chi connectivity index (χ2n) is 5.63. The minimum Gasteiger partial charge on any atom is -0.396 e. The molecule has 1 aromatic rings. The first-order valence-corrected chi connectivity index (χ1v) is 9.12. The van der Waals surface area contributed by atoms with Crippen molar-refractivity contribution in [3.8, 4) is 0 Å². The zero-order chi connectivity index (χ0) is 15.4. The molecule has 0 saturated carbocycles. The number of nitrogens with two attached hydrogens (primary N) is 1. The minimum atomic E-state index is -0.0151. The number of hydrogen-bond donors (Lipinski definition) is 1. The summed E-state index contributed by atoms with van der Waals surface area (Å²) in [7, 11) is 0. The van der Waals surface area contributed by atoms with Gasteiger partial charge in [-0.3, -0.25) is 4.79 Å². The van der Waals surface area contributed by atoms with Gasteiger partial charge in [-0.2, -0.15) is 0 Å². The standard InChI is InChI=1S/C15H26N2OS2/c1-7-17(8-9(2)3)15-14(19-6)11(16)13(20-15)12(18)10(4)5/h9-10H,7-8,16H2,1-6H3. The topological polar surface area (TPSA) is 46.3 Å². The molecule has 20 heavy (non-hydrogen) atoms. The van der Waals surface area contributed by atoms with Crippen LogP contribution in [0.3, 0.4) is 0 Å². The summed E-state index contributed by atoms with van der Waals surface area (Å²) in [5.74, 6) is 0.713. The van der Waals surface area contributed by atoms with Crippen LogP contribution in [0.2, 0.25) is 0 Å². The molecule has 0 aromatic carbocycles. The van der Waals surface area contributed by atoms with Crippen LogP contribution in [-0.2, 0) is 0 Å². The number of hydrogen-bond acceptors (Lipinski definition) is 5. The van der Waals surface area contributed by atoms with Gasteiger partial charge >= 0.3 is 0 Å². The lowest BCUT2D eigenvalue weighted by molar-refractivity contribution is 0.0944. The molecule has 0 amide bonds. The highest BCUT2D eigenvalue weighted by Gasteiger charge is 2.25. The average Bonchev–Trinajstić information content (AvgIpc) is 2.71. The third-order valence-corrected chi connectivity index (χ3v) is 5.32. The average molecular weight is 315 g/mol. The molecule has 0 unspecified atom stereocenters. The molecule has 0 saturated heterocycles. The van der Waals surface area contributed by atoms with Crippen LogP contribution in [0.1, 0.15) is 44.3 Å². The summed E-state index contributed by atoms with van der Waals surface area (Å²) < 4.78 is 0. The fraction of sp³-hybridized carbons (Fsp3) is 0.667. The summed E-state index contributed by atoms with van der Waals surface area (Å²) in [5.41, 5.74) is 6.88. The lowest BCUT2D eigenvalue weighted by Crippen LogP contribution is -2.26. The van der Waals surface area contributed by atoms with E-state index in [1.165, 1.54) is 0 Å². The highest BCUT2D eigenvalue weighted by atomic mass is 32.2. The van der Waals surface area contributed by atoms with E-state index in [1.54, 1.807) is 23.1 Å². The Morgan fingerprint density at radius 2 is 1.95 bits per heavy atom. The van der Waals surface area contributed by atoms with Gasteiger partial charge < -0.3 is 10.6 Å². The summed E-state index contributed by atoms with van der Waals surface area (Å²) in [6.45, 7) is 12.3. The maximum absolute atomic E-state index is 12.3. The van der Waals surface area contributed by atoms with E-state index in [2.05, 4.69) is 25.7 Å². The third-order valence-electron chi connectivity index (χ3n) is 3.09. The molecular formula is C15H26N2OS2. The van der Waals surface area contributed by atoms with Crippen LogP contribution in [0.25, 0.3) is 0 Å². The number of ketones is 1. The van der Waals surface area contributed by atoms with Crippen molar-refractivity contribution in [2.24, 2.45) is 11.8 Å². The number of Topliss-reactive ketones (excluding diaryl/α,β-unsaturated/α-hetero) is 1. The van der Waals surface area contributed by atoms with Gasteiger partial charge in [0.25, 0.3) is 0 Å². The van der Waals surface area contributed by atoms with E-state index in [0.29, 0.717) is 11.6 Å². The number of rotatable bonds is 7. The largest absolute Gasteiger partial charge is 0.396 e. The SMILES string of the molecule is CCN(CC(C)C)c1sc(C(=O)C(C)C)c(N)c1SC. The van der Waals surface area contributed by atoms with Crippen molar-refractivity contribution in [3.05, 3.63) is 4.88 Å². The maximum Gasteiger partial charge on any atom is 0.177 e. The van der Waals surface area contributed by atoms with Gasteiger partial charge in [0, 0.05) is 19.0 Å². The first kappa shape index (κ1) is 17.4. The van der Waals surface area contributed by atoms with Crippen molar-refractivity contribution in [1.29, 1.82) is 0 Å². The predicted molar refractivity (Wildman–Crippen MR) is 92.4 cm³/mol. The second kappa shape index (κ2) is 7.36. The van der Waals surface area contributed by atoms with Crippen LogP contribution in [-0.4, -0.2) is 25.1 Å². The Morgan fingerprint density at radius 1 is 1.35 bits per heavy atom. The van der Waals surface area contributed by atoms with Crippen LogP contribution in [0.5, 0.6) is 0 Å². The van der Waals surface area contributed by atoms with Crippen LogP contribution < -0.4 is 10.6 Å². The summed E-state index contributed by atoms with van der Waals surface area (Å²) in [5, 5.41) is 1.15. The molecule has 3 nitrogen and oxygen atoms in total. The van der Waals surface area contributed by atoms with Crippen molar-refractivity contribution in [1.82, 2.24) is 0 Å². The molecule has 114 valence electrons. The fourth-order valence-corrected chi connectivity index (χ4v) is 4.41. The fourth-order valence-electron chi connectivity index (χ4n) is 2.06. The first-order chi connectivity index (χ1) is 9.33. The molecule has 0 aliphatic carbocycles. The van der Waals surface area contributed by atoms with Crippen molar-refractivity contribution in [2.75, 3.05) is 30.0 Å². The Balaban J connectivity index is 3.25. The van der Waals surface area contributed by atoms with Crippen LogP contribution >= 0.6 is 23.1 Å². The number of thioether (sulfide) groups is 1. The minimum absolute atomic E-state index is 0.0151. The van der Waals surface area contributed by atoms with Gasteiger partial charge in [-0.15, -0.1) is 23.1 Å². The number of nitrogen functional groups attached to an aromatic ring is 1. The number of nitrogens with zero attached hydrogens (tertiary/aromatic N) is 1. The third kappa shape index (κ3) is 3.70.